The van der Waals surface area contributed by atoms with Crippen molar-refractivity contribution in [1.82, 2.24) is 0 Å². The Kier molecular flexibility index (Phi) is 3.01. The molecule has 0 N–H and O–H groups in total. The molecular formula is C12H15ClO2S. The van der Waals surface area contributed by atoms with Crippen molar-refractivity contribution in [3.8, 4) is 0 Å². The van der Waals surface area contributed by atoms with E-state index in [9.17, 15) is 8.42 Å². The molecule has 0 saturated heterocycles. The summed E-state index contributed by atoms with van der Waals surface area (Å²) in [6.45, 7) is 2.10. The van der Waals surface area contributed by atoms with E-state index in [1.165, 1.54) is 5.56 Å². The van der Waals surface area contributed by atoms with Crippen LogP contribution in [0.5, 0.6) is 0 Å². The summed E-state index contributed by atoms with van der Waals surface area (Å²) in [5, 5.41) is 0. The third kappa shape index (κ3) is 2.25. The van der Waals surface area contributed by atoms with Gasteiger partial charge in [0.2, 0.25) is 9.05 Å². The fourth-order valence-electron chi connectivity index (χ4n) is 1.91. The number of aryl methyl sites for hydroxylation is 1. The summed E-state index contributed by atoms with van der Waals surface area (Å²) in [7, 11) is 2.04. The van der Waals surface area contributed by atoms with Crippen molar-refractivity contribution < 1.29 is 8.42 Å². The molecule has 0 aromatic heterocycles. The molecule has 0 spiro atoms. The van der Waals surface area contributed by atoms with Gasteiger partial charge < -0.3 is 0 Å². The van der Waals surface area contributed by atoms with Gasteiger partial charge in [0.15, 0.2) is 0 Å². The van der Waals surface area contributed by atoms with Crippen LogP contribution in [-0.4, -0.2) is 13.2 Å². The van der Waals surface area contributed by atoms with Gasteiger partial charge in [-0.3, -0.25) is 0 Å². The predicted octanol–water partition coefficient (Wildman–Crippen LogP) is 2.89. The third-order valence-corrected chi connectivity index (χ3v) is 5.85. The zero-order valence-electron chi connectivity index (χ0n) is 9.24. The Morgan fingerprint density at radius 2 is 1.69 bits per heavy atom. The first-order chi connectivity index (χ1) is 7.47. The van der Waals surface area contributed by atoms with E-state index in [-0.39, 0.29) is 0 Å². The maximum atomic E-state index is 11.4. The van der Waals surface area contributed by atoms with Gasteiger partial charge in [-0.2, -0.15) is 0 Å². The van der Waals surface area contributed by atoms with Crippen LogP contribution in [-0.2, 0) is 21.9 Å². The Morgan fingerprint density at radius 3 is 2.06 bits per heavy atom. The van der Waals surface area contributed by atoms with E-state index in [1.54, 1.807) is 0 Å². The number of benzene rings is 1. The van der Waals surface area contributed by atoms with Gasteiger partial charge >= 0.3 is 0 Å². The molecule has 1 aromatic carbocycles. The third-order valence-electron chi connectivity index (χ3n) is 3.28. The van der Waals surface area contributed by atoms with Crippen molar-refractivity contribution in [2.24, 2.45) is 0 Å². The molecular weight excluding hydrogens is 244 g/mol. The number of halogens is 1. The first-order valence-electron chi connectivity index (χ1n) is 5.49. The second-order valence-corrected chi connectivity index (χ2v) is 7.43. The summed E-state index contributed by atoms with van der Waals surface area (Å²) >= 11 is 0. The van der Waals surface area contributed by atoms with Crippen LogP contribution in [0.3, 0.4) is 0 Å². The lowest BCUT2D eigenvalue weighted by molar-refractivity contribution is 0.590. The number of hydrogen-bond donors (Lipinski definition) is 0. The van der Waals surface area contributed by atoms with Gasteiger partial charge in [0.25, 0.3) is 0 Å². The van der Waals surface area contributed by atoms with Gasteiger partial charge in [-0.25, -0.2) is 8.42 Å². The predicted molar refractivity (Wildman–Crippen MR) is 66.3 cm³/mol. The molecule has 1 aliphatic rings. The minimum Gasteiger partial charge on any atom is -0.212 e. The van der Waals surface area contributed by atoms with Gasteiger partial charge in [-0.05, 0) is 36.8 Å². The highest BCUT2D eigenvalue weighted by molar-refractivity contribution is 8.15. The normalized spacial score (nSPS) is 18.4. The molecule has 0 amide bonds. The first-order valence-corrected chi connectivity index (χ1v) is 7.80. The maximum absolute atomic E-state index is 11.4. The van der Waals surface area contributed by atoms with E-state index in [1.807, 2.05) is 24.3 Å². The quantitative estimate of drug-likeness (QED) is 0.779. The van der Waals surface area contributed by atoms with E-state index in [0.29, 0.717) is 19.3 Å². The lowest BCUT2D eigenvalue weighted by atomic mass is 10.1. The summed E-state index contributed by atoms with van der Waals surface area (Å²) in [6.07, 6.45) is 2.92. The SMILES string of the molecule is CCc1ccc(CC2(S(=O)(=O)Cl)CC2)cc1. The Labute approximate surface area is 101 Å². The molecule has 0 unspecified atom stereocenters. The Morgan fingerprint density at radius 1 is 1.19 bits per heavy atom. The molecule has 1 aliphatic carbocycles. The van der Waals surface area contributed by atoms with Gasteiger partial charge in [0, 0.05) is 10.7 Å². The van der Waals surface area contributed by atoms with Crippen LogP contribution >= 0.6 is 10.7 Å². The van der Waals surface area contributed by atoms with Gasteiger partial charge in [-0.1, -0.05) is 31.2 Å². The second-order valence-electron chi connectivity index (χ2n) is 4.47. The van der Waals surface area contributed by atoms with E-state index < -0.39 is 13.8 Å². The van der Waals surface area contributed by atoms with Crippen LogP contribution in [0.4, 0.5) is 0 Å². The summed E-state index contributed by atoms with van der Waals surface area (Å²) in [4.78, 5) is 0. The van der Waals surface area contributed by atoms with Gasteiger partial charge in [0.05, 0.1) is 4.75 Å². The van der Waals surface area contributed by atoms with Gasteiger partial charge in [-0.15, -0.1) is 0 Å². The molecule has 2 rings (SSSR count). The summed E-state index contributed by atoms with van der Waals surface area (Å²) < 4.78 is 22.1. The Balaban J connectivity index is 2.16. The molecule has 2 nitrogen and oxygen atoms in total. The Bertz CT molecular complexity index is 472. The molecule has 0 radical (unpaired) electrons. The Hall–Kier alpha value is -0.540. The largest absolute Gasteiger partial charge is 0.238 e. The molecule has 1 aromatic rings. The second kappa shape index (κ2) is 4.04. The first kappa shape index (κ1) is 11.9. The number of hydrogen-bond acceptors (Lipinski definition) is 2. The summed E-state index contributed by atoms with van der Waals surface area (Å²) in [5.74, 6) is 0. The van der Waals surface area contributed by atoms with Crippen molar-refractivity contribution in [2.45, 2.75) is 37.4 Å². The molecule has 88 valence electrons. The smallest absolute Gasteiger partial charge is 0.212 e. The van der Waals surface area contributed by atoms with E-state index >= 15 is 0 Å². The monoisotopic (exact) mass is 258 g/mol. The fourth-order valence-corrected chi connectivity index (χ4v) is 3.47. The van der Waals surface area contributed by atoms with Crippen LogP contribution in [0.25, 0.3) is 0 Å². The van der Waals surface area contributed by atoms with Crippen LogP contribution in [0, 0.1) is 0 Å². The molecule has 1 fully saturated rings. The topological polar surface area (TPSA) is 34.1 Å². The molecule has 0 aliphatic heterocycles. The van der Waals surface area contributed by atoms with E-state index in [4.69, 9.17) is 10.7 Å². The van der Waals surface area contributed by atoms with Crippen LogP contribution in [0.2, 0.25) is 0 Å². The average Bonchev–Trinajstić information content (AvgIpc) is 2.99. The lowest BCUT2D eigenvalue weighted by Gasteiger charge is -2.11. The average molecular weight is 259 g/mol. The van der Waals surface area contributed by atoms with E-state index in [0.717, 1.165) is 12.0 Å². The van der Waals surface area contributed by atoms with Crippen molar-refractivity contribution in [3.05, 3.63) is 35.4 Å². The minimum absolute atomic E-state index is 0.544. The molecule has 16 heavy (non-hydrogen) atoms. The van der Waals surface area contributed by atoms with Crippen molar-refractivity contribution >= 4 is 19.7 Å². The highest BCUT2D eigenvalue weighted by atomic mass is 35.7. The molecule has 0 atom stereocenters. The van der Waals surface area contributed by atoms with Crippen LogP contribution in [0.15, 0.2) is 24.3 Å². The van der Waals surface area contributed by atoms with Crippen LogP contribution < -0.4 is 0 Å². The molecule has 4 heteroatoms. The maximum Gasteiger partial charge on any atom is 0.238 e. The van der Waals surface area contributed by atoms with Crippen LogP contribution in [0.1, 0.15) is 30.9 Å². The number of rotatable bonds is 4. The minimum atomic E-state index is -3.43. The summed E-state index contributed by atoms with van der Waals surface area (Å²) in [6, 6.07) is 8.10. The van der Waals surface area contributed by atoms with Crippen molar-refractivity contribution in [2.75, 3.05) is 0 Å². The zero-order valence-corrected chi connectivity index (χ0v) is 10.8. The molecule has 0 bridgehead atoms. The fraction of sp³-hybridized carbons (Fsp3) is 0.500. The standard InChI is InChI=1S/C12H15ClO2S/c1-2-10-3-5-11(6-4-10)9-12(7-8-12)16(13,14)15/h3-6H,2,7-9H2,1H3. The van der Waals surface area contributed by atoms with E-state index in [2.05, 4.69) is 6.92 Å². The summed E-state index contributed by atoms with van der Waals surface area (Å²) in [5.41, 5.74) is 2.32. The zero-order chi connectivity index (χ0) is 11.8. The molecule has 1 saturated carbocycles. The van der Waals surface area contributed by atoms with Crippen molar-refractivity contribution in [3.63, 3.8) is 0 Å². The van der Waals surface area contributed by atoms with Crippen molar-refractivity contribution in [1.29, 1.82) is 0 Å². The highest BCUT2D eigenvalue weighted by Crippen LogP contribution is 2.48. The van der Waals surface area contributed by atoms with Gasteiger partial charge in [0.1, 0.15) is 0 Å². The molecule has 0 heterocycles. The highest BCUT2D eigenvalue weighted by Gasteiger charge is 2.53. The lowest BCUT2D eigenvalue weighted by Crippen LogP contribution is -2.20.